The second-order valence-electron chi connectivity index (χ2n) is 5.76. The van der Waals surface area contributed by atoms with Gasteiger partial charge in [-0.2, -0.15) is 0 Å². The average Bonchev–Trinajstić information content (AvgIpc) is 3.18. The number of alkyl halides is 1. The van der Waals surface area contributed by atoms with Crippen LogP contribution in [0.4, 0.5) is 4.39 Å². The van der Waals surface area contributed by atoms with Gasteiger partial charge in [-0.1, -0.05) is 36.4 Å². The summed E-state index contributed by atoms with van der Waals surface area (Å²) in [6.45, 7) is -0.604. The molecule has 27 heavy (non-hydrogen) atoms. The van der Waals surface area contributed by atoms with Gasteiger partial charge in [-0.25, -0.2) is 9.37 Å². The SMILES string of the molecule is CN=C(N/C(C=O)=C\c1ccc2ncsc2c1)NC(CF)c1ccccc1. The third-order valence-electron chi connectivity index (χ3n) is 3.96. The van der Waals surface area contributed by atoms with Gasteiger partial charge in [-0.05, 0) is 29.3 Å². The molecule has 0 spiro atoms. The summed E-state index contributed by atoms with van der Waals surface area (Å²) in [7, 11) is 1.57. The number of benzene rings is 2. The number of halogens is 1. The minimum absolute atomic E-state index is 0.317. The molecular weight excluding hydrogens is 363 g/mol. The van der Waals surface area contributed by atoms with Crippen LogP contribution in [0, 0.1) is 0 Å². The fraction of sp³-hybridized carbons (Fsp3) is 0.150. The van der Waals surface area contributed by atoms with Crippen LogP contribution in [0.5, 0.6) is 0 Å². The Balaban J connectivity index is 1.75. The Morgan fingerprint density at radius 1 is 1.30 bits per heavy atom. The van der Waals surface area contributed by atoms with Crippen molar-refractivity contribution < 1.29 is 9.18 Å². The normalized spacial score (nSPS) is 13.4. The van der Waals surface area contributed by atoms with Gasteiger partial charge in [-0.15, -0.1) is 11.3 Å². The smallest absolute Gasteiger partial charge is 0.196 e. The highest BCUT2D eigenvalue weighted by Gasteiger charge is 2.13. The van der Waals surface area contributed by atoms with Crippen molar-refractivity contribution in [3.63, 3.8) is 0 Å². The van der Waals surface area contributed by atoms with E-state index in [1.54, 1.807) is 18.6 Å². The molecule has 0 saturated heterocycles. The molecule has 1 atom stereocenters. The number of nitrogens with one attached hydrogen (secondary N) is 2. The van der Waals surface area contributed by atoms with Gasteiger partial charge in [-0.3, -0.25) is 9.79 Å². The van der Waals surface area contributed by atoms with Crippen molar-refractivity contribution in [1.29, 1.82) is 0 Å². The summed E-state index contributed by atoms with van der Waals surface area (Å²) in [6, 6.07) is 14.4. The van der Waals surface area contributed by atoms with E-state index in [9.17, 15) is 9.18 Å². The van der Waals surface area contributed by atoms with E-state index in [0.717, 1.165) is 21.3 Å². The highest BCUT2D eigenvalue weighted by molar-refractivity contribution is 7.16. The lowest BCUT2D eigenvalue weighted by Gasteiger charge is -2.19. The quantitative estimate of drug-likeness (QED) is 0.295. The van der Waals surface area contributed by atoms with Crippen molar-refractivity contribution in [3.8, 4) is 0 Å². The van der Waals surface area contributed by atoms with E-state index in [1.165, 1.54) is 11.3 Å². The highest BCUT2D eigenvalue weighted by Crippen LogP contribution is 2.20. The van der Waals surface area contributed by atoms with Gasteiger partial charge in [0.1, 0.15) is 6.67 Å². The first-order valence-corrected chi connectivity index (χ1v) is 9.23. The molecule has 138 valence electrons. The standard InChI is InChI=1S/C20H19FN4OS/c1-22-20(25-18(11-21)15-5-3-2-4-6-15)24-16(12-26)9-14-7-8-17-19(10-14)27-13-23-17/h2-10,12-13,18H,11H2,1H3,(H2,22,24,25)/b16-9-. The van der Waals surface area contributed by atoms with Gasteiger partial charge in [0.05, 0.1) is 27.5 Å². The largest absolute Gasteiger partial charge is 0.347 e. The predicted molar refractivity (Wildman–Crippen MR) is 108 cm³/mol. The third-order valence-corrected chi connectivity index (χ3v) is 4.75. The predicted octanol–water partition coefficient (Wildman–Crippen LogP) is 3.71. The molecule has 0 fully saturated rings. The first kappa shape index (κ1) is 18.7. The number of rotatable bonds is 6. The minimum atomic E-state index is -0.604. The zero-order chi connectivity index (χ0) is 19.1. The average molecular weight is 382 g/mol. The van der Waals surface area contributed by atoms with Crippen LogP contribution < -0.4 is 10.6 Å². The summed E-state index contributed by atoms with van der Waals surface area (Å²) < 4.78 is 14.5. The molecule has 3 rings (SSSR count). The third kappa shape index (κ3) is 4.77. The zero-order valence-electron chi connectivity index (χ0n) is 14.7. The number of thiazole rings is 1. The number of hydrogen-bond acceptors (Lipinski definition) is 4. The molecule has 7 heteroatoms. The van der Waals surface area contributed by atoms with Gasteiger partial charge < -0.3 is 10.6 Å². The van der Waals surface area contributed by atoms with Crippen LogP contribution in [0.15, 0.2) is 64.7 Å². The number of aldehydes is 1. The van der Waals surface area contributed by atoms with Gasteiger partial charge in [0.2, 0.25) is 0 Å². The van der Waals surface area contributed by atoms with Crippen molar-refractivity contribution in [3.05, 3.63) is 70.9 Å². The molecule has 0 aliphatic rings. The summed E-state index contributed by atoms with van der Waals surface area (Å²) in [4.78, 5) is 19.8. The Kier molecular flexibility index (Phi) is 6.27. The second-order valence-corrected chi connectivity index (χ2v) is 6.64. The number of guanidine groups is 1. The molecule has 2 aromatic carbocycles. The topological polar surface area (TPSA) is 66.4 Å². The van der Waals surface area contributed by atoms with E-state index in [-0.39, 0.29) is 0 Å². The maximum atomic E-state index is 13.5. The molecule has 0 saturated carbocycles. The minimum Gasteiger partial charge on any atom is -0.347 e. The Labute approximate surface area is 160 Å². The van der Waals surface area contributed by atoms with Crippen LogP contribution >= 0.6 is 11.3 Å². The molecule has 0 amide bonds. The van der Waals surface area contributed by atoms with Crippen molar-refractivity contribution in [1.82, 2.24) is 15.6 Å². The Bertz CT molecular complexity index is 968. The molecule has 2 N–H and O–H groups in total. The highest BCUT2D eigenvalue weighted by atomic mass is 32.1. The van der Waals surface area contributed by atoms with E-state index >= 15 is 0 Å². The summed E-state index contributed by atoms with van der Waals surface area (Å²) >= 11 is 1.54. The molecule has 1 heterocycles. The van der Waals surface area contributed by atoms with E-state index < -0.39 is 12.7 Å². The van der Waals surface area contributed by atoms with E-state index in [4.69, 9.17) is 0 Å². The van der Waals surface area contributed by atoms with Crippen LogP contribution in [0.3, 0.4) is 0 Å². The Morgan fingerprint density at radius 3 is 2.81 bits per heavy atom. The van der Waals surface area contributed by atoms with Crippen molar-refractivity contribution >= 4 is 39.9 Å². The molecule has 1 unspecified atom stereocenters. The molecule has 0 bridgehead atoms. The second kappa shape index (κ2) is 9.05. The molecule has 0 radical (unpaired) electrons. The zero-order valence-corrected chi connectivity index (χ0v) is 15.5. The summed E-state index contributed by atoms with van der Waals surface area (Å²) in [6.07, 6.45) is 2.42. The maximum absolute atomic E-state index is 13.5. The Morgan fingerprint density at radius 2 is 2.11 bits per heavy atom. The first-order chi connectivity index (χ1) is 13.2. The van der Waals surface area contributed by atoms with Crippen LogP contribution in [-0.4, -0.2) is 31.0 Å². The van der Waals surface area contributed by atoms with Crippen molar-refractivity contribution in [2.75, 3.05) is 13.7 Å². The van der Waals surface area contributed by atoms with Crippen LogP contribution in [0.2, 0.25) is 0 Å². The molecular formula is C20H19FN4OS. The van der Waals surface area contributed by atoms with Gasteiger partial charge in [0.25, 0.3) is 0 Å². The lowest BCUT2D eigenvalue weighted by molar-refractivity contribution is -0.105. The number of fused-ring (bicyclic) bond motifs is 1. The number of aromatic nitrogens is 1. The summed E-state index contributed by atoms with van der Waals surface area (Å²) in [5.74, 6) is 0.318. The number of hydrogen-bond donors (Lipinski definition) is 2. The fourth-order valence-electron chi connectivity index (χ4n) is 2.60. The van der Waals surface area contributed by atoms with Crippen LogP contribution in [0.1, 0.15) is 17.2 Å². The number of carbonyl (C=O) groups is 1. The van der Waals surface area contributed by atoms with E-state index in [2.05, 4.69) is 20.6 Å². The van der Waals surface area contributed by atoms with E-state index in [0.29, 0.717) is 17.9 Å². The molecule has 1 aromatic heterocycles. The maximum Gasteiger partial charge on any atom is 0.196 e. The van der Waals surface area contributed by atoms with Crippen LogP contribution in [-0.2, 0) is 4.79 Å². The number of allylic oxidation sites excluding steroid dienone is 1. The lowest BCUT2D eigenvalue weighted by atomic mass is 10.1. The summed E-state index contributed by atoms with van der Waals surface area (Å²) in [5.41, 5.74) is 4.68. The van der Waals surface area contributed by atoms with Gasteiger partial charge >= 0.3 is 0 Å². The molecule has 3 aromatic rings. The van der Waals surface area contributed by atoms with Crippen LogP contribution in [0.25, 0.3) is 16.3 Å². The summed E-state index contributed by atoms with van der Waals surface area (Å²) in [5, 5.41) is 5.93. The number of nitrogens with zero attached hydrogens (tertiary/aromatic N) is 2. The van der Waals surface area contributed by atoms with Gasteiger partial charge in [0.15, 0.2) is 12.2 Å². The monoisotopic (exact) mass is 382 g/mol. The van der Waals surface area contributed by atoms with E-state index in [1.807, 2.05) is 48.5 Å². The van der Waals surface area contributed by atoms with Crippen molar-refractivity contribution in [2.45, 2.75) is 6.04 Å². The first-order valence-electron chi connectivity index (χ1n) is 8.35. The molecule has 0 aliphatic heterocycles. The fourth-order valence-corrected chi connectivity index (χ4v) is 3.32. The van der Waals surface area contributed by atoms with Gasteiger partial charge in [0, 0.05) is 7.05 Å². The Hall–Kier alpha value is -3.06. The van der Waals surface area contributed by atoms with Crippen molar-refractivity contribution in [2.24, 2.45) is 4.99 Å². The number of aliphatic imine (C=N–C) groups is 1. The molecule has 0 aliphatic carbocycles. The molecule has 5 nitrogen and oxygen atoms in total. The lowest BCUT2D eigenvalue weighted by Crippen LogP contribution is -2.40. The number of carbonyl (C=O) groups excluding carboxylic acids is 1.